The van der Waals surface area contributed by atoms with Gasteiger partial charge in [-0.3, -0.25) is 14.4 Å². The van der Waals surface area contributed by atoms with Gasteiger partial charge in [0.25, 0.3) is 0 Å². The van der Waals surface area contributed by atoms with Crippen molar-refractivity contribution in [2.75, 3.05) is 35.3 Å². The fourth-order valence-electron chi connectivity index (χ4n) is 3.99. The van der Waals surface area contributed by atoms with Crippen molar-refractivity contribution < 1.29 is 23.9 Å². The van der Waals surface area contributed by atoms with Gasteiger partial charge in [0, 0.05) is 42.0 Å². The molecule has 1 saturated carbocycles. The molecule has 1 saturated heterocycles. The molecule has 5 rings (SSSR count). The highest BCUT2D eigenvalue weighted by Crippen LogP contribution is 2.36. The molecule has 3 amide bonds. The minimum Gasteiger partial charge on any atom is -0.486 e. The van der Waals surface area contributed by atoms with Crippen LogP contribution in [0.5, 0.6) is 11.5 Å². The molecule has 2 heterocycles. The first-order valence-electron chi connectivity index (χ1n) is 10.9. The number of carbonyl (C=O) groups is 3. The van der Waals surface area contributed by atoms with Crippen molar-refractivity contribution in [2.24, 2.45) is 11.8 Å². The number of nitrogens with zero attached hydrogens (tertiary/aromatic N) is 1. The Morgan fingerprint density at radius 3 is 2.47 bits per heavy atom. The molecule has 0 radical (unpaired) electrons. The molecule has 1 aliphatic carbocycles. The highest BCUT2D eigenvalue weighted by molar-refractivity contribution is 6.04. The van der Waals surface area contributed by atoms with E-state index < -0.39 is 5.92 Å². The van der Waals surface area contributed by atoms with Crippen LogP contribution in [0.25, 0.3) is 0 Å². The summed E-state index contributed by atoms with van der Waals surface area (Å²) in [7, 11) is 0. The second-order valence-corrected chi connectivity index (χ2v) is 8.52. The Hall–Kier alpha value is -3.55. The first kappa shape index (κ1) is 20.4. The summed E-state index contributed by atoms with van der Waals surface area (Å²) in [5.74, 6) is 0.587. The van der Waals surface area contributed by atoms with Gasteiger partial charge in [0.15, 0.2) is 11.5 Å². The largest absolute Gasteiger partial charge is 0.486 e. The van der Waals surface area contributed by atoms with Crippen molar-refractivity contribution >= 4 is 34.8 Å². The van der Waals surface area contributed by atoms with E-state index in [2.05, 4.69) is 10.6 Å². The van der Waals surface area contributed by atoms with Crippen LogP contribution in [0.2, 0.25) is 0 Å². The number of aryl methyl sites for hydroxylation is 1. The third-order valence-corrected chi connectivity index (χ3v) is 6.04. The quantitative estimate of drug-likeness (QED) is 0.752. The van der Waals surface area contributed by atoms with E-state index in [0.29, 0.717) is 48.3 Å². The fourth-order valence-corrected chi connectivity index (χ4v) is 3.99. The molecule has 0 bridgehead atoms. The van der Waals surface area contributed by atoms with Gasteiger partial charge in [-0.05, 0) is 49.6 Å². The van der Waals surface area contributed by atoms with E-state index in [-0.39, 0.29) is 30.1 Å². The summed E-state index contributed by atoms with van der Waals surface area (Å²) in [6, 6.07) is 10.8. The maximum absolute atomic E-state index is 13.0. The summed E-state index contributed by atoms with van der Waals surface area (Å²) in [5, 5.41) is 5.84. The van der Waals surface area contributed by atoms with E-state index in [4.69, 9.17) is 9.47 Å². The highest BCUT2D eigenvalue weighted by atomic mass is 16.6. The lowest BCUT2D eigenvalue weighted by Crippen LogP contribution is -2.28. The maximum atomic E-state index is 13.0. The van der Waals surface area contributed by atoms with Gasteiger partial charge in [-0.25, -0.2) is 0 Å². The number of anilines is 3. The number of rotatable bonds is 5. The fraction of sp³-hybridized carbons (Fsp3) is 0.375. The highest BCUT2D eigenvalue weighted by Gasteiger charge is 2.36. The van der Waals surface area contributed by atoms with Gasteiger partial charge in [0.1, 0.15) is 13.2 Å². The molecule has 2 fully saturated rings. The first-order valence-corrected chi connectivity index (χ1v) is 10.9. The monoisotopic (exact) mass is 435 g/mol. The van der Waals surface area contributed by atoms with Crippen molar-refractivity contribution in [3.63, 3.8) is 0 Å². The number of ether oxygens (including phenoxy) is 2. The van der Waals surface area contributed by atoms with Crippen LogP contribution in [0.1, 0.15) is 24.8 Å². The summed E-state index contributed by atoms with van der Waals surface area (Å²) < 4.78 is 11.1. The second kappa shape index (κ2) is 8.18. The molecule has 3 aliphatic rings. The number of benzene rings is 2. The minimum absolute atomic E-state index is 0.0163. The van der Waals surface area contributed by atoms with Crippen LogP contribution in [0.3, 0.4) is 0 Å². The Morgan fingerprint density at radius 2 is 1.69 bits per heavy atom. The van der Waals surface area contributed by atoms with E-state index in [1.165, 1.54) is 0 Å². The van der Waals surface area contributed by atoms with Gasteiger partial charge in [-0.15, -0.1) is 0 Å². The molecule has 2 aromatic carbocycles. The van der Waals surface area contributed by atoms with Gasteiger partial charge < -0.3 is 25.0 Å². The van der Waals surface area contributed by atoms with Crippen molar-refractivity contribution in [2.45, 2.75) is 26.2 Å². The third kappa shape index (κ3) is 4.12. The smallest absolute Gasteiger partial charge is 0.229 e. The number of hydrogen-bond acceptors (Lipinski definition) is 5. The Bertz CT molecular complexity index is 1100. The Morgan fingerprint density at radius 1 is 0.938 bits per heavy atom. The van der Waals surface area contributed by atoms with E-state index in [0.717, 1.165) is 18.4 Å². The lowest BCUT2D eigenvalue weighted by Gasteiger charge is -2.22. The van der Waals surface area contributed by atoms with E-state index in [1.807, 2.05) is 25.1 Å². The van der Waals surface area contributed by atoms with Crippen LogP contribution < -0.4 is 25.0 Å². The lowest BCUT2D eigenvalue weighted by atomic mass is 10.1. The topological polar surface area (TPSA) is 97.0 Å². The zero-order chi connectivity index (χ0) is 22.2. The molecular weight excluding hydrogens is 410 g/mol. The second-order valence-electron chi connectivity index (χ2n) is 8.52. The van der Waals surface area contributed by atoms with Crippen LogP contribution in [0, 0.1) is 18.8 Å². The minimum atomic E-state index is -0.472. The Kier molecular flexibility index (Phi) is 5.20. The molecular formula is C24H25N3O5. The summed E-state index contributed by atoms with van der Waals surface area (Å²) in [4.78, 5) is 39.3. The van der Waals surface area contributed by atoms with Crippen molar-refractivity contribution in [1.82, 2.24) is 0 Å². The van der Waals surface area contributed by atoms with Crippen LogP contribution in [-0.2, 0) is 14.4 Å². The normalized spacial score (nSPS) is 19.6. The molecule has 0 spiro atoms. The van der Waals surface area contributed by atoms with Crippen LogP contribution in [-0.4, -0.2) is 37.5 Å². The third-order valence-electron chi connectivity index (χ3n) is 6.04. The molecule has 2 aromatic rings. The number of amides is 3. The lowest BCUT2D eigenvalue weighted by molar-refractivity contribution is -0.122. The maximum Gasteiger partial charge on any atom is 0.229 e. The van der Waals surface area contributed by atoms with Gasteiger partial charge in [-0.1, -0.05) is 6.07 Å². The molecule has 2 N–H and O–H groups in total. The molecule has 0 aromatic heterocycles. The summed E-state index contributed by atoms with van der Waals surface area (Å²) in [6.45, 7) is 3.15. The van der Waals surface area contributed by atoms with Crippen molar-refractivity contribution in [3.05, 3.63) is 42.0 Å². The van der Waals surface area contributed by atoms with Gasteiger partial charge in [0.2, 0.25) is 17.7 Å². The molecule has 8 heteroatoms. The summed E-state index contributed by atoms with van der Waals surface area (Å²) in [6.07, 6.45) is 1.99. The molecule has 8 nitrogen and oxygen atoms in total. The first-order chi connectivity index (χ1) is 15.5. The Balaban J connectivity index is 1.26. The molecule has 1 atom stereocenters. The predicted octanol–water partition coefficient (Wildman–Crippen LogP) is 3.11. The van der Waals surface area contributed by atoms with Gasteiger partial charge in [0.05, 0.1) is 5.92 Å². The molecule has 166 valence electrons. The predicted molar refractivity (Wildman–Crippen MR) is 119 cm³/mol. The van der Waals surface area contributed by atoms with Crippen molar-refractivity contribution in [1.29, 1.82) is 0 Å². The van der Waals surface area contributed by atoms with Crippen LogP contribution in [0.15, 0.2) is 36.4 Å². The summed E-state index contributed by atoms with van der Waals surface area (Å²) >= 11 is 0. The number of hydrogen-bond donors (Lipinski definition) is 2. The molecule has 2 aliphatic heterocycles. The van der Waals surface area contributed by atoms with Crippen LogP contribution in [0.4, 0.5) is 17.1 Å². The standard InChI is InChI=1S/C24H25N3O5/c1-14-2-5-17(25-23(29)15-3-4-15)11-19(14)26-24(30)16-10-22(28)27(13-16)18-6-7-20-21(12-18)32-9-8-31-20/h2,5-7,11-12,15-16H,3-4,8-10,13H2,1H3,(H,25,29)(H,26,30). The van der Waals surface area contributed by atoms with Gasteiger partial charge in [-0.2, -0.15) is 0 Å². The average molecular weight is 435 g/mol. The van der Waals surface area contributed by atoms with Crippen molar-refractivity contribution in [3.8, 4) is 11.5 Å². The zero-order valence-electron chi connectivity index (χ0n) is 17.8. The molecule has 32 heavy (non-hydrogen) atoms. The average Bonchev–Trinajstić information content (AvgIpc) is 3.57. The number of fused-ring (bicyclic) bond motifs is 1. The van der Waals surface area contributed by atoms with Gasteiger partial charge >= 0.3 is 0 Å². The number of nitrogens with one attached hydrogen (secondary N) is 2. The number of carbonyl (C=O) groups excluding carboxylic acids is 3. The van der Waals surface area contributed by atoms with E-state index in [1.54, 1.807) is 23.1 Å². The zero-order valence-corrected chi connectivity index (χ0v) is 17.8. The Labute approximate surface area is 185 Å². The van der Waals surface area contributed by atoms with E-state index in [9.17, 15) is 14.4 Å². The van der Waals surface area contributed by atoms with Crippen LogP contribution >= 0.6 is 0 Å². The SMILES string of the molecule is Cc1ccc(NC(=O)C2CC2)cc1NC(=O)C1CC(=O)N(c2ccc3c(c2)OCCO3)C1. The molecule has 1 unspecified atom stereocenters. The van der Waals surface area contributed by atoms with E-state index >= 15 is 0 Å². The summed E-state index contributed by atoms with van der Waals surface area (Å²) in [5.41, 5.74) is 2.86.